The summed E-state index contributed by atoms with van der Waals surface area (Å²) in [6.45, 7) is 4.45. The van der Waals surface area contributed by atoms with Crippen LogP contribution in [0.1, 0.15) is 31.0 Å². The summed E-state index contributed by atoms with van der Waals surface area (Å²) in [7, 11) is 6.86. The molecule has 3 aromatic carbocycles. The molecular formula is C31H34N2O7. The Kier molecular flexibility index (Phi) is 8.52. The molecule has 1 heterocycles. The van der Waals surface area contributed by atoms with Crippen LogP contribution < -0.4 is 28.7 Å². The fraction of sp³-hybridized carbons (Fsp3) is 0.290. The lowest BCUT2D eigenvalue weighted by Gasteiger charge is -2.26. The van der Waals surface area contributed by atoms with Crippen LogP contribution in [0, 0.1) is 0 Å². The average molecular weight is 547 g/mol. The number of ketones is 1. The molecule has 40 heavy (non-hydrogen) atoms. The monoisotopic (exact) mass is 546 g/mol. The Labute approximate surface area is 234 Å². The molecule has 1 aliphatic rings. The van der Waals surface area contributed by atoms with Gasteiger partial charge in [0.25, 0.3) is 11.7 Å². The second-order valence-electron chi connectivity index (χ2n) is 9.22. The maximum Gasteiger partial charge on any atom is 0.300 e. The van der Waals surface area contributed by atoms with Crippen LogP contribution in [0.2, 0.25) is 0 Å². The highest BCUT2D eigenvalue weighted by Crippen LogP contribution is 2.45. The fourth-order valence-electron chi connectivity index (χ4n) is 4.72. The van der Waals surface area contributed by atoms with Gasteiger partial charge < -0.3 is 29.0 Å². The third-order valence-corrected chi connectivity index (χ3v) is 6.63. The number of hydrogen-bond donors (Lipinski definition) is 1. The predicted octanol–water partition coefficient (Wildman–Crippen LogP) is 5.19. The Hall–Kier alpha value is -4.66. The normalized spacial score (nSPS) is 16.1. The lowest BCUT2D eigenvalue weighted by Crippen LogP contribution is -2.29. The Morgan fingerprint density at radius 2 is 1.52 bits per heavy atom. The smallest absolute Gasteiger partial charge is 0.300 e. The van der Waals surface area contributed by atoms with Crippen LogP contribution in [-0.2, 0) is 9.59 Å². The summed E-state index contributed by atoms with van der Waals surface area (Å²) < 4.78 is 22.3. The van der Waals surface area contributed by atoms with E-state index in [1.807, 2.05) is 45.0 Å². The number of hydrogen-bond acceptors (Lipinski definition) is 8. The van der Waals surface area contributed by atoms with Crippen LogP contribution in [0.5, 0.6) is 23.0 Å². The number of amides is 1. The van der Waals surface area contributed by atoms with Crippen LogP contribution in [0.15, 0.2) is 66.2 Å². The molecule has 1 saturated heterocycles. The van der Waals surface area contributed by atoms with Gasteiger partial charge in [-0.3, -0.25) is 14.5 Å². The summed E-state index contributed by atoms with van der Waals surface area (Å²) in [5.74, 6) is -0.127. The van der Waals surface area contributed by atoms with Gasteiger partial charge in [-0.05, 0) is 67.9 Å². The van der Waals surface area contributed by atoms with Gasteiger partial charge in [-0.2, -0.15) is 0 Å². The number of benzene rings is 3. The van der Waals surface area contributed by atoms with E-state index in [0.717, 1.165) is 5.69 Å². The predicted molar refractivity (Wildman–Crippen MR) is 154 cm³/mol. The van der Waals surface area contributed by atoms with E-state index in [1.165, 1.54) is 19.1 Å². The van der Waals surface area contributed by atoms with E-state index in [9.17, 15) is 14.7 Å². The minimum Gasteiger partial charge on any atom is -0.507 e. The molecule has 0 radical (unpaired) electrons. The highest BCUT2D eigenvalue weighted by molar-refractivity contribution is 6.51. The number of ether oxygens (including phenoxy) is 4. The van der Waals surface area contributed by atoms with Gasteiger partial charge in [0.15, 0.2) is 11.5 Å². The highest BCUT2D eigenvalue weighted by atomic mass is 16.5. The van der Waals surface area contributed by atoms with Crippen LogP contribution in [0.4, 0.5) is 11.4 Å². The molecule has 0 saturated carbocycles. The first-order valence-corrected chi connectivity index (χ1v) is 13.0. The molecule has 1 amide bonds. The Morgan fingerprint density at radius 3 is 2.12 bits per heavy atom. The van der Waals surface area contributed by atoms with Crippen molar-refractivity contribution in [2.75, 3.05) is 51.3 Å². The number of aliphatic hydroxyl groups is 1. The number of Topliss-reactive ketones (excluding diaryl/α,β-unsaturated/α-hetero) is 1. The van der Waals surface area contributed by atoms with E-state index in [-0.39, 0.29) is 16.9 Å². The molecule has 0 bridgehead atoms. The van der Waals surface area contributed by atoms with E-state index in [4.69, 9.17) is 18.9 Å². The number of carbonyl (C=O) groups is 2. The molecule has 0 spiro atoms. The van der Waals surface area contributed by atoms with Crippen molar-refractivity contribution in [2.24, 2.45) is 0 Å². The average Bonchev–Trinajstić information content (AvgIpc) is 3.22. The summed E-state index contributed by atoms with van der Waals surface area (Å²) in [5, 5.41) is 11.7. The summed E-state index contributed by atoms with van der Waals surface area (Å²) in [5.41, 5.74) is 2.19. The molecule has 1 atom stereocenters. The standard InChI is InChI=1S/C31H34N2O7/c1-7-39-22-14-15-23(25(18-22)40-8-2)29(34)27-28(19-9-16-24(37-5)26(17-19)38-6)33(31(36)30(27)35)21-12-10-20(11-13-21)32(3)4/h9-18,28,34H,7-8H2,1-6H3/b29-27+. The number of aliphatic hydroxyl groups excluding tert-OH is 1. The zero-order valence-electron chi connectivity index (χ0n) is 23.6. The first kappa shape index (κ1) is 28.4. The topological polar surface area (TPSA) is 97.8 Å². The van der Waals surface area contributed by atoms with Gasteiger partial charge in [-0.15, -0.1) is 0 Å². The molecule has 9 nitrogen and oxygen atoms in total. The SMILES string of the molecule is CCOc1ccc(/C(O)=C2\C(=O)C(=O)N(c3ccc(N(C)C)cc3)C2c2ccc(OC)c(OC)c2)c(OCC)c1. The van der Waals surface area contributed by atoms with E-state index in [2.05, 4.69) is 0 Å². The van der Waals surface area contributed by atoms with Crippen molar-refractivity contribution in [1.29, 1.82) is 0 Å². The van der Waals surface area contributed by atoms with Gasteiger partial charge in [-0.1, -0.05) is 6.07 Å². The minimum atomic E-state index is -0.953. The largest absolute Gasteiger partial charge is 0.507 e. The third kappa shape index (κ3) is 5.27. The van der Waals surface area contributed by atoms with E-state index in [0.29, 0.717) is 47.5 Å². The third-order valence-electron chi connectivity index (χ3n) is 6.63. The molecule has 1 fully saturated rings. The van der Waals surface area contributed by atoms with Crippen molar-refractivity contribution in [3.8, 4) is 23.0 Å². The first-order chi connectivity index (χ1) is 19.2. The van der Waals surface area contributed by atoms with Crippen molar-refractivity contribution >= 4 is 28.8 Å². The van der Waals surface area contributed by atoms with Gasteiger partial charge in [0, 0.05) is 31.5 Å². The number of carbonyl (C=O) groups excluding carboxylic acids is 2. The lowest BCUT2D eigenvalue weighted by atomic mass is 9.94. The Morgan fingerprint density at radius 1 is 0.850 bits per heavy atom. The Balaban J connectivity index is 1.96. The number of methoxy groups -OCH3 is 2. The van der Waals surface area contributed by atoms with Crippen LogP contribution in [0.25, 0.3) is 5.76 Å². The van der Waals surface area contributed by atoms with Crippen molar-refractivity contribution in [3.63, 3.8) is 0 Å². The molecule has 3 aromatic rings. The van der Waals surface area contributed by atoms with Gasteiger partial charge in [0.05, 0.1) is 44.6 Å². The summed E-state index contributed by atoms with van der Waals surface area (Å²) in [6, 6.07) is 16.4. The molecule has 9 heteroatoms. The summed E-state index contributed by atoms with van der Waals surface area (Å²) >= 11 is 0. The molecule has 4 rings (SSSR count). The second kappa shape index (κ2) is 12.0. The van der Waals surface area contributed by atoms with E-state index >= 15 is 0 Å². The molecule has 1 aliphatic heterocycles. The quantitative estimate of drug-likeness (QED) is 0.211. The number of nitrogens with zero attached hydrogens (tertiary/aromatic N) is 2. The van der Waals surface area contributed by atoms with Crippen molar-refractivity contribution in [3.05, 3.63) is 77.4 Å². The molecule has 210 valence electrons. The van der Waals surface area contributed by atoms with Gasteiger partial charge >= 0.3 is 0 Å². The van der Waals surface area contributed by atoms with E-state index < -0.39 is 17.7 Å². The zero-order chi connectivity index (χ0) is 29.0. The molecule has 0 aromatic heterocycles. The van der Waals surface area contributed by atoms with Crippen LogP contribution >= 0.6 is 0 Å². The molecular weight excluding hydrogens is 512 g/mol. The van der Waals surface area contributed by atoms with Crippen LogP contribution in [0.3, 0.4) is 0 Å². The fourth-order valence-corrected chi connectivity index (χ4v) is 4.72. The molecule has 1 unspecified atom stereocenters. The minimum absolute atomic E-state index is 0.0704. The van der Waals surface area contributed by atoms with Crippen molar-refractivity contribution < 1.29 is 33.6 Å². The zero-order valence-corrected chi connectivity index (χ0v) is 23.6. The summed E-state index contributed by atoms with van der Waals surface area (Å²) in [6.07, 6.45) is 0. The summed E-state index contributed by atoms with van der Waals surface area (Å²) in [4.78, 5) is 30.6. The number of rotatable bonds is 10. The highest BCUT2D eigenvalue weighted by Gasteiger charge is 2.47. The van der Waals surface area contributed by atoms with E-state index in [1.54, 1.807) is 48.5 Å². The van der Waals surface area contributed by atoms with Gasteiger partial charge in [0.1, 0.15) is 17.3 Å². The Bertz CT molecular complexity index is 1430. The van der Waals surface area contributed by atoms with Gasteiger partial charge in [0.2, 0.25) is 0 Å². The molecule has 0 aliphatic carbocycles. The maximum atomic E-state index is 13.6. The van der Waals surface area contributed by atoms with Crippen LogP contribution in [-0.4, -0.2) is 58.3 Å². The second-order valence-corrected chi connectivity index (χ2v) is 9.22. The molecule has 1 N–H and O–H groups in total. The number of anilines is 2. The van der Waals surface area contributed by atoms with Crippen molar-refractivity contribution in [1.82, 2.24) is 0 Å². The van der Waals surface area contributed by atoms with Gasteiger partial charge in [-0.25, -0.2) is 0 Å². The maximum absolute atomic E-state index is 13.6. The van der Waals surface area contributed by atoms with Crippen molar-refractivity contribution in [2.45, 2.75) is 19.9 Å². The lowest BCUT2D eigenvalue weighted by molar-refractivity contribution is -0.132. The first-order valence-electron chi connectivity index (χ1n) is 13.0.